The zero-order chi connectivity index (χ0) is 15.4. The molecule has 0 radical (unpaired) electrons. The van der Waals surface area contributed by atoms with Crippen LogP contribution in [-0.4, -0.2) is 46.8 Å². The number of hydrogen-bond acceptors (Lipinski definition) is 3. The molecule has 0 bridgehead atoms. The van der Waals surface area contributed by atoms with Crippen molar-refractivity contribution in [1.82, 2.24) is 15.4 Å². The number of aliphatic imine (C=N–C) groups is 1. The number of halogens is 1. The predicted octanol–water partition coefficient (Wildman–Crippen LogP) is 1.54. The molecule has 6 nitrogen and oxygen atoms in total. The normalized spacial score (nSPS) is 12.1. The van der Waals surface area contributed by atoms with Crippen molar-refractivity contribution in [2.24, 2.45) is 10.9 Å². The van der Waals surface area contributed by atoms with Crippen molar-refractivity contribution in [1.29, 1.82) is 0 Å². The standard InChI is InChI=1S/C13H30N4O2S.HI/c1-5-14-13(15-9-6-8-12(2)3)16-10-7-11-17-20(4,18)19;/h12,17H,5-11H2,1-4H3,(H2,14,15,16);1H. The predicted molar refractivity (Wildman–Crippen MR) is 101 cm³/mol. The summed E-state index contributed by atoms with van der Waals surface area (Å²) in [6.07, 6.45) is 4.18. The molecule has 0 aromatic carbocycles. The van der Waals surface area contributed by atoms with E-state index in [1.807, 2.05) is 6.92 Å². The first kappa shape index (κ1) is 23.2. The minimum atomic E-state index is -3.09. The van der Waals surface area contributed by atoms with E-state index in [4.69, 9.17) is 0 Å². The lowest BCUT2D eigenvalue weighted by atomic mass is 10.1. The van der Waals surface area contributed by atoms with E-state index >= 15 is 0 Å². The highest BCUT2D eigenvalue weighted by molar-refractivity contribution is 14.0. The first-order chi connectivity index (χ1) is 9.35. The molecule has 0 aromatic rings. The summed E-state index contributed by atoms with van der Waals surface area (Å²) in [6.45, 7) is 9.21. The Bertz CT molecular complexity index is 372. The van der Waals surface area contributed by atoms with Crippen LogP contribution in [0.2, 0.25) is 0 Å². The Labute approximate surface area is 147 Å². The molecule has 0 rings (SSSR count). The quantitative estimate of drug-likeness (QED) is 0.211. The van der Waals surface area contributed by atoms with Crippen LogP contribution in [0.3, 0.4) is 0 Å². The molecule has 0 fully saturated rings. The highest BCUT2D eigenvalue weighted by atomic mass is 127. The van der Waals surface area contributed by atoms with Gasteiger partial charge in [0.25, 0.3) is 0 Å². The molecule has 0 spiro atoms. The average molecular weight is 434 g/mol. The maximum Gasteiger partial charge on any atom is 0.208 e. The molecule has 128 valence electrons. The number of sulfonamides is 1. The van der Waals surface area contributed by atoms with Gasteiger partial charge in [-0.1, -0.05) is 13.8 Å². The van der Waals surface area contributed by atoms with Crippen molar-refractivity contribution in [2.75, 3.05) is 32.4 Å². The van der Waals surface area contributed by atoms with Gasteiger partial charge in [-0.05, 0) is 32.1 Å². The van der Waals surface area contributed by atoms with Crippen LogP contribution in [0.4, 0.5) is 0 Å². The Balaban J connectivity index is 0. The minimum absolute atomic E-state index is 0. The van der Waals surface area contributed by atoms with Crippen LogP contribution < -0.4 is 15.4 Å². The van der Waals surface area contributed by atoms with Crippen molar-refractivity contribution < 1.29 is 8.42 Å². The van der Waals surface area contributed by atoms with Gasteiger partial charge in [-0.3, -0.25) is 4.99 Å². The molecule has 0 atom stereocenters. The Morgan fingerprint density at radius 2 is 1.81 bits per heavy atom. The van der Waals surface area contributed by atoms with E-state index in [-0.39, 0.29) is 24.0 Å². The number of hydrogen-bond donors (Lipinski definition) is 3. The highest BCUT2D eigenvalue weighted by Gasteiger charge is 2.00. The third-order valence-electron chi connectivity index (χ3n) is 2.56. The summed E-state index contributed by atoms with van der Waals surface area (Å²) in [5.41, 5.74) is 0. The van der Waals surface area contributed by atoms with Crippen LogP contribution in [0, 0.1) is 5.92 Å². The third-order valence-corrected chi connectivity index (χ3v) is 3.29. The molecule has 0 aliphatic carbocycles. The SMILES string of the molecule is CCNC(=NCCCNS(C)(=O)=O)NCCCC(C)C.I. The van der Waals surface area contributed by atoms with Crippen molar-refractivity contribution in [3.8, 4) is 0 Å². The maximum atomic E-state index is 10.9. The number of nitrogens with one attached hydrogen (secondary N) is 3. The molecule has 0 saturated carbocycles. The fraction of sp³-hybridized carbons (Fsp3) is 0.923. The molecular formula is C13H31IN4O2S. The summed E-state index contributed by atoms with van der Waals surface area (Å²) in [5, 5.41) is 6.46. The van der Waals surface area contributed by atoms with E-state index in [9.17, 15) is 8.42 Å². The Morgan fingerprint density at radius 1 is 1.14 bits per heavy atom. The second-order valence-electron chi connectivity index (χ2n) is 5.24. The molecule has 0 saturated heterocycles. The van der Waals surface area contributed by atoms with Gasteiger partial charge in [0.2, 0.25) is 10.0 Å². The second kappa shape index (κ2) is 13.6. The molecule has 21 heavy (non-hydrogen) atoms. The fourth-order valence-corrected chi connectivity index (χ4v) is 2.10. The molecule has 3 N–H and O–H groups in total. The van der Waals surface area contributed by atoms with E-state index in [2.05, 4.69) is 34.2 Å². The molecule has 8 heteroatoms. The molecule has 0 unspecified atom stereocenters. The van der Waals surface area contributed by atoms with E-state index in [0.717, 1.165) is 37.6 Å². The van der Waals surface area contributed by atoms with Crippen LogP contribution in [-0.2, 0) is 10.0 Å². The molecule has 0 aliphatic rings. The van der Waals surface area contributed by atoms with Gasteiger partial charge in [0, 0.05) is 26.2 Å². The van der Waals surface area contributed by atoms with Crippen LogP contribution in [0.5, 0.6) is 0 Å². The first-order valence-electron chi connectivity index (χ1n) is 7.32. The van der Waals surface area contributed by atoms with Gasteiger partial charge in [-0.25, -0.2) is 13.1 Å². The molecule has 0 aliphatic heterocycles. The zero-order valence-corrected chi connectivity index (χ0v) is 16.8. The lowest BCUT2D eigenvalue weighted by molar-refractivity contribution is 0.549. The summed E-state index contributed by atoms with van der Waals surface area (Å²) in [7, 11) is -3.09. The summed E-state index contributed by atoms with van der Waals surface area (Å²) < 4.78 is 24.2. The molecular weight excluding hydrogens is 403 g/mol. The topological polar surface area (TPSA) is 82.6 Å². The third kappa shape index (κ3) is 17.9. The van der Waals surface area contributed by atoms with Crippen molar-refractivity contribution in [3.05, 3.63) is 0 Å². The van der Waals surface area contributed by atoms with Gasteiger partial charge < -0.3 is 10.6 Å². The lowest BCUT2D eigenvalue weighted by Crippen LogP contribution is -2.38. The molecule has 0 amide bonds. The van der Waals surface area contributed by atoms with Crippen LogP contribution in [0.1, 0.15) is 40.0 Å². The summed E-state index contributed by atoms with van der Waals surface area (Å²) in [4.78, 5) is 4.41. The number of rotatable bonds is 10. The van der Waals surface area contributed by atoms with Gasteiger partial charge in [-0.2, -0.15) is 0 Å². The van der Waals surface area contributed by atoms with Gasteiger partial charge >= 0.3 is 0 Å². The van der Waals surface area contributed by atoms with Gasteiger partial charge in [-0.15, -0.1) is 24.0 Å². The van der Waals surface area contributed by atoms with E-state index in [0.29, 0.717) is 19.5 Å². The van der Waals surface area contributed by atoms with Crippen LogP contribution in [0.15, 0.2) is 4.99 Å². The number of nitrogens with zero attached hydrogens (tertiary/aromatic N) is 1. The second-order valence-corrected chi connectivity index (χ2v) is 7.08. The summed E-state index contributed by atoms with van der Waals surface area (Å²) >= 11 is 0. The fourth-order valence-electron chi connectivity index (χ4n) is 1.59. The Kier molecular flexibility index (Phi) is 15.0. The van der Waals surface area contributed by atoms with Gasteiger partial charge in [0.1, 0.15) is 0 Å². The summed E-state index contributed by atoms with van der Waals surface area (Å²) in [5.74, 6) is 1.52. The van der Waals surface area contributed by atoms with Crippen molar-refractivity contribution in [2.45, 2.75) is 40.0 Å². The smallest absolute Gasteiger partial charge is 0.208 e. The van der Waals surface area contributed by atoms with Crippen LogP contribution >= 0.6 is 24.0 Å². The van der Waals surface area contributed by atoms with Crippen LogP contribution in [0.25, 0.3) is 0 Å². The van der Waals surface area contributed by atoms with Gasteiger partial charge in [0.05, 0.1) is 6.26 Å². The lowest BCUT2D eigenvalue weighted by Gasteiger charge is -2.12. The minimum Gasteiger partial charge on any atom is -0.357 e. The Morgan fingerprint density at radius 3 is 2.33 bits per heavy atom. The van der Waals surface area contributed by atoms with E-state index < -0.39 is 10.0 Å². The zero-order valence-electron chi connectivity index (χ0n) is 13.6. The molecule has 0 heterocycles. The average Bonchev–Trinajstić information content (AvgIpc) is 2.32. The molecule has 0 aromatic heterocycles. The van der Waals surface area contributed by atoms with Crippen molar-refractivity contribution in [3.63, 3.8) is 0 Å². The van der Waals surface area contributed by atoms with E-state index in [1.165, 1.54) is 6.42 Å². The Hall–Kier alpha value is -0.0900. The van der Waals surface area contributed by atoms with Gasteiger partial charge in [0.15, 0.2) is 5.96 Å². The largest absolute Gasteiger partial charge is 0.357 e. The van der Waals surface area contributed by atoms with Crippen molar-refractivity contribution >= 4 is 40.0 Å². The van der Waals surface area contributed by atoms with E-state index in [1.54, 1.807) is 0 Å². The highest BCUT2D eigenvalue weighted by Crippen LogP contribution is 2.01. The summed E-state index contributed by atoms with van der Waals surface area (Å²) in [6, 6.07) is 0. The number of guanidine groups is 1. The first-order valence-corrected chi connectivity index (χ1v) is 9.21. The maximum absolute atomic E-state index is 10.9. The monoisotopic (exact) mass is 434 g/mol.